The number of benzene rings is 2. The van der Waals surface area contributed by atoms with Gasteiger partial charge in [0.25, 0.3) is 0 Å². The molecule has 28 heavy (non-hydrogen) atoms. The Kier molecular flexibility index (Phi) is 7.59. The summed E-state index contributed by atoms with van der Waals surface area (Å²) in [7, 11) is 1.43. The zero-order valence-corrected chi connectivity index (χ0v) is 16.0. The molecular weight excluding hydrogens is 366 g/mol. The Bertz CT molecular complexity index is 735. The van der Waals surface area contributed by atoms with E-state index in [1.807, 2.05) is 0 Å². The van der Waals surface area contributed by atoms with Gasteiger partial charge in [-0.25, -0.2) is 0 Å². The Labute approximate surface area is 164 Å². The van der Waals surface area contributed by atoms with Gasteiger partial charge in [-0.05, 0) is 17.2 Å². The standard InChI is InChI=1S/C21H26F2N2O3/c1-26-19-4-2-3-18(20(19)28-21(22)23)14-24-13-16-5-7-17(8-6-16)15-25-9-11-27-12-10-25/h2-8,21,24H,9-15H2,1H3. The molecule has 0 atom stereocenters. The molecule has 3 rings (SSSR count). The quantitative estimate of drug-likeness (QED) is 0.708. The topological polar surface area (TPSA) is 43.0 Å². The van der Waals surface area contributed by atoms with Gasteiger partial charge in [0.2, 0.25) is 0 Å². The van der Waals surface area contributed by atoms with Crippen molar-refractivity contribution in [3.8, 4) is 11.5 Å². The highest BCUT2D eigenvalue weighted by Crippen LogP contribution is 2.32. The fourth-order valence-electron chi connectivity index (χ4n) is 3.21. The minimum Gasteiger partial charge on any atom is -0.493 e. The molecule has 0 unspecified atom stereocenters. The van der Waals surface area contributed by atoms with E-state index >= 15 is 0 Å². The summed E-state index contributed by atoms with van der Waals surface area (Å²) in [5.74, 6) is 0.375. The Hall–Kier alpha value is -2.22. The van der Waals surface area contributed by atoms with E-state index in [2.05, 4.69) is 39.2 Å². The van der Waals surface area contributed by atoms with Crippen LogP contribution in [0.15, 0.2) is 42.5 Å². The lowest BCUT2D eigenvalue weighted by Crippen LogP contribution is -2.35. The fraction of sp³-hybridized carbons (Fsp3) is 0.429. The van der Waals surface area contributed by atoms with Gasteiger partial charge in [0, 0.05) is 38.3 Å². The van der Waals surface area contributed by atoms with Gasteiger partial charge < -0.3 is 19.5 Å². The molecule has 1 fully saturated rings. The third-order valence-electron chi connectivity index (χ3n) is 4.66. The Morgan fingerprint density at radius 1 is 1.04 bits per heavy atom. The SMILES string of the molecule is COc1cccc(CNCc2ccc(CN3CCOCC3)cc2)c1OC(F)F. The number of nitrogens with zero attached hydrogens (tertiary/aromatic N) is 1. The summed E-state index contributed by atoms with van der Waals surface area (Å²) in [6.07, 6.45) is 0. The summed E-state index contributed by atoms with van der Waals surface area (Å²) in [5.41, 5.74) is 3.03. The van der Waals surface area contributed by atoms with Crippen LogP contribution in [0.3, 0.4) is 0 Å². The summed E-state index contributed by atoms with van der Waals surface area (Å²) >= 11 is 0. The van der Waals surface area contributed by atoms with Gasteiger partial charge in [-0.15, -0.1) is 0 Å². The summed E-state index contributed by atoms with van der Waals surface area (Å²) in [6, 6.07) is 13.5. The molecule has 5 nitrogen and oxygen atoms in total. The fourth-order valence-corrected chi connectivity index (χ4v) is 3.21. The van der Waals surface area contributed by atoms with Crippen molar-refractivity contribution in [3.05, 3.63) is 59.2 Å². The first kappa shape index (κ1) is 20.5. The lowest BCUT2D eigenvalue weighted by atomic mass is 10.1. The Morgan fingerprint density at radius 2 is 1.75 bits per heavy atom. The van der Waals surface area contributed by atoms with Crippen molar-refractivity contribution in [2.45, 2.75) is 26.2 Å². The molecule has 1 saturated heterocycles. The maximum atomic E-state index is 12.7. The molecule has 1 aliphatic rings. The number of hydrogen-bond donors (Lipinski definition) is 1. The minimum atomic E-state index is -2.89. The number of rotatable bonds is 9. The number of nitrogens with one attached hydrogen (secondary N) is 1. The molecule has 0 spiro atoms. The van der Waals surface area contributed by atoms with Crippen molar-refractivity contribution in [2.75, 3.05) is 33.4 Å². The number of alkyl halides is 2. The molecule has 0 radical (unpaired) electrons. The van der Waals surface area contributed by atoms with E-state index in [1.165, 1.54) is 12.7 Å². The first-order valence-corrected chi connectivity index (χ1v) is 9.35. The molecule has 1 N–H and O–H groups in total. The monoisotopic (exact) mass is 392 g/mol. The molecule has 0 amide bonds. The maximum absolute atomic E-state index is 12.7. The van der Waals surface area contributed by atoms with Crippen LogP contribution in [0.25, 0.3) is 0 Å². The summed E-state index contributed by atoms with van der Waals surface area (Å²) in [6.45, 7) is 2.58. The van der Waals surface area contributed by atoms with Crippen molar-refractivity contribution in [1.82, 2.24) is 10.2 Å². The molecule has 7 heteroatoms. The number of ether oxygens (including phenoxy) is 3. The van der Waals surface area contributed by atoms with Crippen LogP contribution in [0.2, 0.25) is 0 Å². The Morgan fingerprint density at radius 3 is 2.43 bits per heavy atom. The zero-order valence-electron chi connectivity index (χ0n) is 16.0. The molecule has 152 valence electrons. The van der Waals surface area contributed by atoms with Crippen LogP contribution in [0, 0.1) is 0 Å². The van der Waals surface area contributed by atoms with Gasteiger partial charge in [0.05, 0.1) is 20.3 Å². The van der Waals surface area contributed by atoms with Crippen molar-refractivity contribution in [2.24, 2.45) is 0 Å². The van der Waals surface area contributed by atoms with Crippen molar-refractivity contribution in [1.29, 1.82) is 0 Å². The van der Waals surface area contributed by atoms with E-state index in [1.54, 1.807) is 18.2 Å². The highest BCUT2D eigenvalue weighted by molar-refractivity contribution is 5.46. The second kappa shape index (κ2) is 10.4. The smallest absolute Gasteiger partial charge is 0.387 e. The van der Waals surface area contributed by atoms with E-state index < -0.39 is 6.61 Å². The molecule has 1 heterocycles. The number of hydrogen-bond acceptors (Lipinski definition) is 5. The van der Waals surface area contributed by atoms with Crippen LogP contribution >= 0.6 is 0 Å². The van der Waals surface area contributed by atoms with Crippen LogP contribution < -0.4 is 14.8 Å². The summed E-state index contributed by atoms with van der Waals surface area (Å²) < 4.78 is 40.6. The number of methoxy groups -OCH3 is 1. The lowest BCUT2D eigenvalue weighted by molar-refractivity contribution is -0.0518. The third-order valence-corrected chi connectivity index (χ3v) is 4.66. The number of para-hydroxylation sites is 1. The zero-order chi connectivity index (χ0) is 19.8. The predicted molar refractivity (Wildman–Crippen MR) is 103 cm³/mol. The van der Waals surface area contributed by atoms with E-state index in [-0.39, 0.29) is 5.75 Å². The molecule has 0 aliphatic carbocycles. The van der Waals surface area contributed by atoms with Crippen LogP contribution in [0.1, 0.15) is 16.7 Å². The average molecular weight is 392 g/mol. The molecule has 0 aromatic heterocycles. The Balaban J connectivity index is 1.53. The van der Waals surface area contributed by atoms with Gasteiger partial charge in [0.15, 0.2) is 11.5 Å². The molecule has 1 aliphatic heterocycles. The largest absolute Gasteiger partial charge is 0.493 e. The second-order valence-electron chi connectivity index (χ2n) is 6.64. The van der Waals surface area contributed by atoms with Gasteiger partial charge in [-0.2, -0.15) is 8.78 Å². The van der Waals surface area contributed by atoms with Gasteiger partial charge in [-0.3, -0.25) is 4.90 Å². The van der Waals surface area contributed by atoms with E-state index in [0.29, 0.717) is 24.4 Å². The predicted octanol–water partition coefficient (Wildman–Crippen LogP) is 3.42. The summed E-state index contributed by atoms with van der Waals surface area (Å²) in [5, 5.41) is 3.28. The minimum absolute atomic E-state index is 0.0772. The van der Waals surface area contributed by atoms with Crippen LogP contribution in [-0.2, 0) is 24.4 Å². The molecule has 0 saturated carbocycles. The van der Waals surface area contributed by atoms with Gasteiger partial charge >= 0.3 is 6.61 Å². The van der Waals surface area contributed by atoms with Gasteiger partial charge in [0.1, 0.15) is 0 Å². The van der Waals surface area contributed by atoms with E-state index in [9.17, 15) is 8.78 Å². The van der Waals surface area contributed by atoms with Gasteiger partial charge in [-0.1, -0.05) is 36.4 Å². The van der Waals surface area contributed by atoms with E-state index in [4.69, 9.17) is 9.47 Å². The average Bonchev–Trinajstić information content (AvgIpc) is 2.71. The highest BCUT2D eigenvalue weighted by Gasteiger charge is 2.15. The molecular formula is C21H26F2N2O3. The summed E-state index contributed by atoms with van der Waals surface area (Å²) in [4.78, 5) is 2.38. The maximum Gasteiger partial charge on any atom is 0.387 e. The van der Waals surface area contributed by atoms with Crippen LogP contribution in [0.4, 0.5) is 8.78 Å². The van der Waals surface area contributed by atoms with Crippen molar-refractivity contribution in [3.63, 3.8) is 0 Å². The molecule has 2 aromatic rings. The van der Waals surface area contributed by atoms with E-state index in [0.717, 1.165) is 38.4 Å². The number of halogens is 2. The lowest BCUT2D eigenvalue weighted by Gasteiger charge is -2.26. The first-order valence-electron chi connectivity index (χ1n) is 9.35. The highest BCUT2D eigenvalue weighted by atomic mass is 19.3. The third kappa shape index (κ3) is 5.89. The van der Waals surface area contributed by atoms with Crippen molar-refractivity contribution >= 4 is 0 Å². The second-order valence-corrected chi connectivity index (χ2v) is 6.64. The van der Waals surface area contributed by atoms with Crippen molar-refractivity contribution < 1.29 is 23.0 Å². The normalized spacial score (nSPS) is 15.0. The molecule has 2 aromatic carbocycles. The van der Waals surface area contributed by atoms with Crippen LogP contribution in [0.5, 0.6) is 11.5 Å². The molecule has 0 bridgehead atoms. The number of morpholine rings is 1. The van der Waals surface area contributed by atoms with Crippen LogP contribution in [-0.4, -0.2) is 44.9 Å². The first-order chi connectivity index (χ1) is 13.7.